The normalized spacial score (nSPS) is 29.9. The van der Waals surface area contributed by atoms with Crippen molar-refractivity contribution in [3.63, 3.8) is 0 Å². The van der Waals surface area contributed by atoms with Crippen LogP contribution in [0.3, 0.4) is 0 Å². The molecule has 2 heteroatoms. The molecule has 1 saturated carbocycles. The SMILES string of the molecule is c1ccc(C2(C3CCCCCC3)C[N]CCO2)cc1. The summed E-state index contributed by atoms with van der Waals surface area (Å²) in [5.41, 5.74) is 1.20. The Morgan fingerprint density at radius 1 is 1.00 bits per heavy atom. The molecule has 1 aliphatic carbocycles. The Hall–Kier alpha value is -0.860. The van der Waals surface area contributed by atoms with Crippen molar-refractivity contribution >= 4 is 0 Å². The van der Waals surface area contributed by atoms with Gasteiger partial charge in [-0.2, -0.15) is 0 Å². The average Bonchev–Trinajstić information content (AvgIpc) is 2.78. The molecule has 2 aliphatic rings. The van der Waals surface area contributed by atoms with Crippen LogP contribution in [0, 0.1) is 5.92 Å². The standard InChI is InChI=1S/C17H24NO/c1-2-5-9-15(8-4-1)17(14-18-12-13-19-17)16-10-6-3-7-11-16/h3,6-7,10-11,15H,1-2,4-5,8-9,12-14H2. The van der Waals surface area contributed by atoms with E-state index in [2.05, 4.69) is 35.6 Å². The van der Waals surface area contributed by atoms with Crippen LogP contribution in [0.25, 0.3) is 0 Å². The predicted molar refractivity (Wildman–Crippen MR) is 77.1 cm³/mol. The predicted octanol–water partition coefficient (Wildman–Crippen LogP) is 3.49. The van der Waals surface area contributed by atoms with Gasteiger partial charge < -0.3 is 4.74 Å². The van der Waals surface area contributed by atoms with Gasteiger partial charge in [-0.15, -0.1) is 0 Å². The third-order valence-corrected chi connectivity index (χ3v) is 4.73. The van der Waals surface area contributed by atoms with Crippen molar-refractivity contribution in [2.24, 2.45) is 5.92 Å². The molecule has 1 aromatic carbocycles. The summed E-state index contributed by atoms with van der Waals surface area (Å²) >= 11 is 0. The second kappa shape index (κ2) is 6.06. The molecule has 1 unspecified atom stereocenters. The number of hydrogen-bond donors (Lipinski definition) is 0. The van der Waals surface area contributed by atoms with Gasteiger partial charge in [0, 0.05) is 13.1 Å². The lowest BCUT2D eigenvalue weighted by molar-refractivity contribution is -0.116. The number of nitrogens with zero attached hydrogens (tertiary/aromatic N) is 1. The van der Waals surface area contributed by atoms with Gasteiger partial charge in [0.25, 0.3) is 0 Å². The van der Waals surface area contributed by atoms with Gasteiger partial charge in [0.2, 0.25) is 0 Å². The Morgan fingerprint density at radius 2 is 1.74 bits per heavy atom. The van der Waals surface area contributed by atoms with Gasteiger partial charge in [0.1, 0.15) is 5.60 Å². The van der Waals surface area contributed by atoms with Gasteiger partial charge in [-0.1, -0.05) is 56.0 Å². The summed E-state index contributed by atoms with van der Waals surface area (Å²) in [5, 5.41) is 4.69. The summed E-state index contributed by atoms with van der Waals surface area (Å²) in [5.74, 6) is 0.640. The smallest absolute Gasteiger partial charge is 0.110 e. The zero-order valence-electron chi connectivity index (χ0n) is 11.7. The molecule has 2 fully saturated rings. The molecule has 0 amide bonds. The van der Waals surface area contributed by atoms with E-state index in [1.54, 1.807) is 0 Å². The van der Waals surface area contributed by atoms with Crippen LogP contribution in [0.2, 0.25) is 0 Å². The van der Waals surface area contributed by atoms with Gasteiger partial charge in [-0.3, -0.25) is 0 Å². The Morgan fingerprint density at radius 3 is 2.37 bits per heavy atom. The van der Waals surface area contributed by atoms with E-state index < -0.39 is 0 Å². The first-order valence-corrected chi connectivity index (χ1v) is 7.74. The fourth-order valence-electron chi connectivity index (χ4n) is 3.71. The quantitative estimate of drug-likeness (QED) is 0.745. The first-order chi connectivity index (χ1) is 9.42. The molecule has 103 valence electrons. The van der Waals surface area contributed by atoms with Crippen LogP contribution in [0.4, 0.5) is 0 Å². The Bertz CT molecular complexity index is 376. The molecular formula is C17H24NO. The molecule has 1 heterocycles. The van der Waals surface area contributed by atoms with Crippen LogP contribution < -0.4 is 5.32 Å². The summed E-state index contributed by atoms with van der Waals surface area (Å²) in [4.78, 5) is 0. The lowest BCUT2D eigenvalue weighted by Crippen LogP contribution is -2.49. The third-order valence-electron chi connectivity index (χ3n) is 4.73. The molecular weight excluding hydrogens is 234 g/mol. The molecule has 0 aromatic heterocycles. The Kier molecular flexibility index (Phi) is 4.19. The van der Waals surface area contributed by atoms with Crippen molar-refractivity contribution in [1.29, 1.82) is 0 Å². The molecule has 0 bridgehead atoms. The van der Waals surface area contributed by atoms with Crippen molar-refractivity contribution in [3.8, 4) is 0 Å². The highest BCUT2D eigenvalue weighted by atomic mass is 16.5. The molecule has 1 aromatic rings. The summed E-state index contributed by atoms with van der Waals surface area (Å²) in [6.07, 6.45) is 8.07. The lowest BCUT2D eigenvalue weighted by atomic mass is 9.76. The first-order valence-electron chi connectivity index (χ1n) is 7.74. The highest BCUT2D eigenvalue weighted by Gasteiger charge is 2.42. The maximum Gasteiger partial charge on any atom is 0.110 e. The van der Waals surface area contributed by atoms with E-state index in [4.69, 9.17) is 4.74 Å². The lowest BCUT2D eigenvalue weighted by Gasteiger charge is -2.43. The number of rotatable bonds is 2. The second-order valence-electron chi connectivity index (χ2n) is 5.90. The summed E-state index contributed by atoms with van der Waals surface area (Å²) in [7, 11) is 0. The zero-order valence-corrected chi connectivity index (χ0v) is 11.7. The molecule has 1 aliphatic heterocycles. The van der Waals surface area contributed by atoms with Crippen molar-refractivity contribution in [3.05, 3.63) is 35.9 Å². The summed E-state index contributed by atoms with van der Waals surface area (Å²) < 4.78 is 6.35. The minimum atomic E-state index is -0.135. The van der Waals surface area contributed by atoms with Crippen LogP contribution in [0.5, 0.6) is 0 Å². The Labute approximate surface area is 116 Å². The van der Waals surface area contributed by atoms with E-state index in [1.807, 2.05) is 0 Å². The number of ether oxygens (including phenoxy) is 1. The third kappa shape index (κ3) is 2.70. The van der Waals surface area contributed by atoms with Gasteiger partial charge in [-0.25, -0.2) is 5.32 Å². The molecule has 19 heavy (non-hydrogen) atoms. The van der Waals surface area contributed by atoms with Crippen molar-refractivity contribution in [2.75, 3.05) is 19.7 Å². The van der Waals surface area contributed by atoms with Crippen LogP contribution >= 0.6 is 0 Å². The molecule has 2 nitrogen and oxygen atoms in total. The van der Waals surface area contributed by atoms with E-state index in [0.29, 0.717) is 5.92 Å². The Balaban J connectivity index is 1.91. The maximum atomic E-state index is 6.35. The van der Waals surface area contributed by atoms with E-state index in [9.17, 15) is 0 Å². The van der Waals surface area contributed by atoms with Gasteiger partial charge >= 0.3 is 0 Å². The maximum absolute atomic E-state index is 6.35. The first kappa shape index (κ1) is 13.1. The largest absolute Gasteiger partial charge is 0.367 e. The summed E-state index contributed by atoms with van der Waals surface area (Å²) in [6.45, 7) is 2.49. The molecule has 0 spiro atoms. The molecule has 1 radical (unpaired) electrons. The van der Waals surface area contributed by atoms with Gasteiger partial charge in [0.05, 0.1) is 6.61 Å². The fraction of sp³-hybridized carbons (Fsp3) is 0.647. The number of benzene rings is 1. The van der Waals surface area contributed by atoms with Crippen LogP contribution in [-0.4, -0.2) is 19.7 Å². The van der Waals surface area contributed by atoms with Crippen molar-refractivity contribution < 1.29 is 4.74 Å². The molecule has 1 saturated heterocycles. The highest BCUT2D eigenvalue weighted by molar-refractivity contribution is 5.25. The number of hydrogen-bond acceptors (Lipinski definition) is 1. The minimum Gasteiger partial charge on any atom is -0.367 e. The van der Waals surface area contributed by atoms with E-state index in [0.717, 1.165) is 19.7 Å². The van der Waals surface area contributed by atoms with E-state index in [-0.39, 0.29) is 5.60 Å². The van der Waals surface area contributed by atoms with Crippen LogP contribution in [0.15, 0.2) is 30.3 Å². The highest BCUT2D eigenvalue weighted by Crippen LogP contribution is 2.42. The van der Waals surface area contributed by atoms with Gasteiger partial charge in [-0.05, 0) is 24.3 Å². The average molecular weight is 258 g/mol. The van der Waals surface area contributed by atoms with Gasteiger partial charge in [0.15, 0.2) is 0 Å². The zero-order chi connectivity index (χ0) is 13.0. The second-order valence-corrected chi connectivity index (χ2v) is 5.90. The van der Waals surface area contributed by atoms with E-state index >= 15 is 0 Å². The molecule has 3 rings (SSSR count). The summed E-state index contributed by atoms with van der Waals surface area (Å²) in [6, 6.07) is 10.8. The monoisotopic (exact) mass is 258 g/mol. The number of morpholine rings is 1. The van der Waals surface area contributed by atoms with Crippen LogP contribution in [-0.2, 0) is 10.3 Å². The topological polar surface area (TPSA) is 23.3 Å². The van der Waals surface area contributed by atoms with Crippen molar-refractivity contribution in [2.45, 2.75) is 44.1 Å². The van der Waals surface area contributed by atoms with Crippen LogP contribution in [0.1, 0.15) is 44.1 Å². The molecule has 1 atom stereocenters. The fourth-order valence-corrected chi connectivity index (χ4v) is 3.71. The minimum absolute atomic E-state index is 0.135. The molecule has 0 N–H and O–H groups in total. The van der Waals surface area contributed by atoms with E-state index in [1.165, 1.54) is 44.1 Å². The van der Waals surface area contributed by atoms with Crippen molar-refractivity contribution in [1.82, 2.24) is 5.32 Å².